The number of nitrogens with two attached hydrogens (primary N) is 1. The first kappa shape index (κ1) is 22.5. The van der Waals surface area contributed by atoms with Gasteiger partial charge in [0.1, 0.15) is 5.82 Å². The minimum Gasteiger partial charge on any atom is -0.383 e. The van der Waals surface area contributed by atoms with E-state index in [0.717, 1.165) is 15.8 Å². The molecule has 0 aliphatic rings. The van der Waals surface area contributed by atoms with Crippen molar-refractivity contribution >= 4 is 44.2 Å². The molecule has 0 spiro atoms. The third-order valence-corrected chi connectivity index (χ3v) is 5.50. The first-order valence-corrected chi connectivity index (χ1v) is 10.6. The number of nitrogens with one attached hydrogen (secondary N) is 1. The summed E-state index contributed by atoms with van der Waals surface area (Å²) in [5, 5.41) is 0.432. The Morgan fingerprint density at radius 1 is 1.26 bits per heavy atom. The summed E-state index contributed by atoms with van der Waals surface area (Å²) in [6.07, 6.45) is 2.85. The van der Waals surface area contributed by atoms with Gasteiger partial charge in [0.2, 0.25) is 5.91 Å². The minimum absolute atomic E-state index is 0.0626. The highest BCUT2D eigenvalue weighted by molar-refractivity contribution is 9.10. The van der Waals surface area contributed by atoms with E-state index in [4.69, 9.17) is 5.73 Å². The number of amides is 1. The number of aromatic nitrogens is 4. The van der Waals surface area contributed by atoms with E-state index in [1.54, 1.807) is 18.2 Å². The smallest absolute Gasteiger partial charge is 0.330 e. The number of benzene rings is 1. The van der Waals surface area contributed by atoms with Gasteiger partial charge in [0.05, 0.1) is 17.2 Å². The standard InChI is InChI=1S/C20H23BrN6O4/c1-3-4-8-27-17(22)16(18(29)24-20(27)31)25(2)15(28)7-9-26-11-23-14-6-5-12(21)10-13(14)19(26)30/h5-6,10-11H,3-4,7-9,22H2,1-2H3,(H,24,29,31). The molecule has 2 aromatic heterocycles. The Balaban J connectivity index is 1.84. The SMILES string of the molecule is CCCCn1c(N)c(N(C)C(=O)CCn2cnc3ccc(Br)cc3c2=O)c(=O)[nH]c1=O. The third kappa shape index (κ3) is 4.61. The topological polar surface area (TPSA) is 136 Å². The van der Waals surface area contributed by atoms with E-state index in [2.05, 4.69) is 25.9 Å². The summed E-state index contributed by atoms with van der Waals surface area (Å²) in [6.45, 7) is 2.37. The maximum Gasteiger partial charge on any atom is 0.330 e. The normalized spacial score (nSPS) is 11.1. The lowest BCUT2D eigenvalue weighted by Gasteiger charge is -2.20. The summed E-state index contributed by atoms with van der Waals surface area (Å²) in [6, 6.07) is 5.20. The summed E-state index contributed by atoms with van der Waals surface area (Å²) in [4.78, 5) is 57.4. The van der Waals surface area contributed by atoms with Crippen molar-refractivity contribution in [3.63, 3.8) is 0 Å². The van der Waals surface area contributed by atoms with E-state index in [1.165, 1.54) is 22.5 Å². The van der Waals surface area contributed by atoms with Crippen LogP contribution in [0.4, 0.5) is 11.5 Å². The predicted molar refractivity (Wildman–Crippen MR) is 122 cm³/mol. The number of carbonyl (C=O) groups is 1. The predicted octanol–water partition coefficient (Wildman–Crippen LogP) is 1.44. The molecule has 31 heavy (non-hydrogen) atoms. The molecule has 11 heteroatoms. The van der Waals surface area contributed by atoms with Crippen LogP contribution in [0.25, 0.3) is 10.9 Å². The van der Waals surface area contributed by atoms with Crippen LogP contribution in [0.1, 0.15) is 26.2 Å². The molecule has 3 N–H and O–H groups in total. The van der Waals surface area contributed by atoms with Crippen LogP contribution in [0.3, 0.4) is 0 Å². The van der Waals surface area contributed by atoms with Crippen molar-refractivity contribution in [2.75, 3.05) is 17.7 Å². The molecule has 1 aromatic carbocycles. The number of hydrogen-bond donors (Lipinski definition) is 2. The Bertz CT molecular complexity index is 1310. The quantitative estimate of drug-likeness (QED) is 0.514. The molecule has 0 fully saturated rings. The number of fused-ring (bicyclic) bond motifs is 1. The number of nitrogen functional groups attached to an aromatic ring is 1. The molecule has 10 nitrogen and oxygen atoms in total. The largest absolute Gasteiger partial charge is 0.383 e. The maximum atomic E-state index is 12.7. The average Bonchev–Trinajstić information content (AvgIpc) is 2.73. The Morgan fingerprint density at radius 3 is 2.71 bits per heavy atom. The monoisotopic (exact) mass is 490 g/mol. The summed E-state index contributed by atoms with van der Waals surface area (Å²) in [5.41, 5.74) is 4.90. The van der Waals surface area contributed by atoms with Gasteiger partial charge in [-0.2, -0.15) is 0 Å². The number of halogens is 1. The number of aromatic amines is 1. The van der Waals surface area contributed by atoms with Crippen molar-refractivity contribution in [1.82, 2.24) is 19.1 Å². The van der Waals surface area contributed by atoms with Gasteiger partial charge in [0, 0.05) is 31.0 Å². The molecule has 1 amide bonds. The van der Waals surface area contributed by atoms with Crippen molar-refractivity contribution in [2.24, 2.45) is 0 Å². The number of nitrogens with zero attached hydrogens (tertiary/aromatic N) is 4. The highest BCUT2D eigenvalue weighted by atomic mass is 79.9. The van der Waals surface area contributed by atoms with Crippen LogP contribution in [0.5, 0.6) is 0 Å². The second-order valence-corrected chi connectivity index (χ2v) is 8.02. The number of aryl methyl sites for hydroxylation is 1. The van der Waals surface area contributed by atoms with Crippen LogP contribution in [0.2, 0.25) is 0 Å². The van der Waals surface area contributed by atoms with Crippen LogP contribution in [0, 0.1) is 0 Å². The molecular formula is C20H23BrN6O4. The Morgan fingerprint density at radius 2 is 2.00 bits per heavy atom. The molecule has 0 saturated heterocycles. The van der Waals surface area contributed by atoms with Crippen LogP contribution in [0.15, 0.2) is 43.4 Å². The number of anilines is 2. The Hall–Kier alpha value is -3.21. The molecular weight excluding hydrogens is 468 g/mol. The number of hydrogen-bond acceptors (Lipinski definition) is 6. The van der Waals surface area contributed by atoms with E-state index in [-0.39, 0.29) is 30.0 Å². The zero-order chi connectivity index (χ0) is 22.7. The highest BCUT2D eigenvalue weighted by Gasteiger charge is 2.21. The van der Waals surface area contributed by atoms with Crippen LogP contribution < -0.4 is 27.4 Å². The molecule has 0 bridgehead atoms. The molecule has 0 unspecified atom stereocenters. The van der Waals surface area contributed by atoms with Crippen molar-refractivity contribution in [3.8, 4) is 0 Å². The number of rotatable bonds is 7. The van der Waals surface area contributed by atoms with Crippen LogP contribution in [-0.4, -0.2) is 32.1 Å². The maximum absolute atomic E-state index is 12.7. The average molecular weight is 491 g/mol. The number of H-pyrrole nitrogens is 1. The molecule has 0 aliphatic heterocycles. The Kier molecular flexibility index (Phi) is 6.74. The van der Waals surface area contributed by atoms with Crippen molar-refractivity contribution < 1.29 is 4.79 Å². The summed E-state index contributed by atoms with van der Waals surface area (Å²) in [5.74, 6) is -0.494. The first-order chi connectivity index (χ1) is 14.7. The molecule has 3 rings (SSSR count). The fourth-order valence-electron chi connectivity index (χ4n) is 3.24. The van der Waals surface area contributed by atoms with Gasteiger partial charge >= 0.3 is 5.69 Å². The molecule has 0 atom stereocenters. The van der Waals surface area contributed by atoms with Gasteiger partial charge in [-0.15, -0.1) is 0 Å². The molecule has 2 heterocycles. The van der Waals surface area contributed by atoms with E-state index in [1.807, 2.05) is 6.92 Å². The van der Waals surface area contributed by atoms with Crippen molar-refractivity contribution in [1.29, 1.82) is 0 Å². The van der Waals surface area contributed by atoms with E-state index in [9.17, 15) is 19.2 Å². The van der Waals surface area contributed by atoms with Gasteiger partial charge in [-0.25, -0.2) is 9.78 Å². The minimum atomic E-state index is -0.736. The van der Waals surface area contributed by atoms with Gasteiger partial charge < -0.3 is 10.6 Å². The van der Waals surface area contributed by atoms with E-state index in [0.29, 0.717) is 23.9 Å². The fourth-order valence-corrected chi connectivity index (χ4v) is 3.60. The summed E-state index contributed by atoms with van der Waals surface area (Å²) in [7, 11) is 1.41. The van der Waals surface area contributed by atoms with E-state index >= 15 is 0 Å². The van der Waals surface area contributed by atoms with Gasteiger partial charge in [0.15, 0.2) is 5.69 Å². The summed E-state index contributed by atoms with van der Waals surface area (Å²) >= 11 is 3.33. The zero-order valence-electron chi connectivity index (χ0n) is 17.2. The van der Waals surface area contributed by atoms with Gasteiger partial charge in [-0.3, -0.25) is 28.5 Å². The molecule has 0 radical (unpaired) electrons. The fraction of sp³-hybridized carbons (Fsp3) is 0.350. The third-order valence-electron chi connectivity index (χ3n) is 5.01. The first-order valence-electron chi connectivity index (χ1n) is 9.78. The Labute approximate surface area is 185 Å². The lowest BCUT2D eigenvalue weighted by Crippen LogP contribution is -2.39. The zero-order valence-corrected chi connectivity index (χ0v) is 18.8. The van der Waals surface area contributed by atoms with Crippen molar-refractivity contribution in [2.45, 2.75) is 39.3 Å². The van der Waals surface area contributed by atoms with Gasteiger partial charge in [-0.1, -0.05) is 29.3 Å². The number of unbranched alkanes of at least 4 members (excludes halogenated alkanes) is 1. The van der Waals surface area contributed by atoms with Crippen LogP contribution >= 0.6 is 15.9 Å². The van der Waals surface area contributed by atoms with Gasteiger partial charge in [-0.05, 0) is 24.6 Å². The lowest BCUT2D eigenvalue weighted by atomic mass is 10.2. The second kappa shape index (κ2) is 9.29. The molecule has 0 saturated carbocycles. The van der Waals surface area contributed by atoms with Gasteiger partial charge in [0.25, 0.3) is 11.1 Å². The molecule has 0 aliphatic carbocycles. The van der Waals surface area contributed by atoms with Crippen LogP contribution in [-0.2, 0) is 17.9 Å². The number of carbonyl (C=O) groups excluding carboxylic acids is 1. The molecule has 164 valence electrons. The molecule has 3 aromatic rings. The second-order valence-electron chi connectivity index (χ2n) is 7.11. The lowest BCUT2D eigenvalue weighted by molar-refractivity contribution is -0.118. The highest BCUT2D eigenvalue weighted by Crippen LogP contribution is 2.17. The van der Waals surface area contributed by atoms with Crippen molar-refractivity contribution in [3.05, 3.63) is 60.2 Å². The summed E-state index contributed by atoms with van der Waals surface area (Å²) < 4.78 is 3.34. The van der Waals surface area contributed by atoms with E-state index < -0.39 is 17.2 Å².